The van der Waals surface area contributed by atoms with Crippen molar-refractivity contribution in [1.82, 2.24) is 4.98 Å². The fourth-order valence-electron chi connectivity index (χ4n) is 1.77. The van der Waals surface area contributed by atoms with E-state index in [0.29, 0.717) is 12.2 Å². The minimum Gasteiger partial charge on any atom is -0.477 e. The minimum atomic E-state index is 0.0843. The first kappa shape index (κ1) is 13.9. The summed E-state index contributed by atoms with van der Waals surface area (Å²) in [5.74, 6) is 0.273. The normalized spacial score (nSPS) is 9.75. The van der Waals surface area contributed by atoms with Gasteiger partial charge in [-0.1, -0.05) is 13.0 Å². The summed E-state index contributed by atoms with van der Waals surface area (Å²) in [6.45, 7) is 2.40. The number of aromatic nitrogens is 1. The number of nitrogens with two attached hydrogens (primary N) is 1. The largest absolute Gasteiger partial charge is 0.477 e. The molecule has 2 rings (SSSR count). The summed E-state index contributed by atoms with van der Waals surface area (Å²) in [7, 11) is 0. The number of rotatable bonds is 4. The number of nitrogen functional groups attached to an aromatic ring is 1. The van der Waals surface area contributed by atoms with Crippen molar-refractivity contribution < 1.29 is 4.74 Å². The van der Waals surface area contributed by atoms with Gasteiger partial charge >= 0.3 is 0 Å². The van der Waals surface area contributed by atoms with Crippen molar-refractivity contribution in [2.75, 3.05) is 12.3 Å². The average molecular weight is 284 g/mol. The summed E-state index contributed by atoms with van der Waals surface area (Å²) in [6, 6.07) is 7.79. The molecule has 0 aliphatic rings. The number of nitriles is 2. The van der Waals surface area contributed by atoms with E-state index in [1.165, 1.54) is 11.3 Å². The van der Waals surface area contributed by atoms with Crippen molar-refractivity contribution >= 4 is 17.2 Å². The second-order valence-corrected chi connectivity index (χ2v) is 4.92. The van der Waals surface area contributed by atoms with Crippen LogP contribution in [-0.2, 0) is 0 Å². The van der Waals surface area contributed by atoms with Gasteiger partial charge in [0.2, 0.25) is 5.88 Å². The Morgan fingerprint density at radius 1 is 1.35 bits per heavy atom. The molecule has 0 aliphatic carbocycles. The van der Waals surface area contributed by atoms with Gasteiger partial charge in [0.15, 0.2) is 0 Å². The molecule has 0 amide bonds. The zero-order chi connectivity index (χ0) is 14.5. The smallest absolute Gasteiger partial charge is 0.234 e. The summed E-state index contributed by atoms with van der Waals surface area (Å²) in [5, 5.41) is 20.5. The van der Waals surface area contributed by atoms with Gasteiger partial charge in [-0.3, -0.25) is 0 Å². The predicted octanol–water partition coefficient (Wildman–Crippen LogP) is 2.92. The highest BCUT2D eigenvalue weighted by Crippen LogP contribution is 2.37. The molecule has 0 unspecified atom stereocenters. The molecule has 6 heteroatoms. The van der Waals surface area contributed by atoms with Gasteiger partial charge in [0.25, 0.3) is 0 Å². The Kier molecular flexibility index (Phi) is 4.19. The van der Waals surface area contributed by atoms with Crippen molar-refractivity contribution in [2.45, 2.75) is 13.3 Å². The molecule has 0 spiro atoms. The second kappa shape index (κ2) is 6.05. The van der Waals surface area contributed by atoms with Gasteiger partial charge in [-0.15, -0.1) is 11.3 Å². The number of pyridine rings is 1. The molecule has 2 aromatic rings. The lowest BCUT2D eigenvalue weighted by molar-refractivity contribution is 0.305. The van der Waals surface area contributed by atoms with Gasteiger partial charge in [0.1, 0.15) is 29.1 Å². The molecule has 0 aliphatic heterocycles. The third-order valence-electron chi connectivity index (χ3n) is 2.63. The van der Waals surface area contributed by atoms with E-state index in [1.807, 2.05) is 30.5 Å². The predicted molar refractivity (Wildman–Crippen MR) is 77.2 cm³/mol. The molecule has 2 aromatic heterocycles. The van der Waals surface area contributed by atoms with Gasteiger partial charge < -0.3 is 10.5 Å². The number of hydrogen-bond acceptors (Lipinski definition) is 6. The summed E-state index contributed by atoms with van der Waals surface area (Å²) < 4.78 is 5.48. The van der Waals surface area contributed by atoms with Crippen molar-refractivity contribution in [3.8, 4) is 28.5 Å². The Bertz CT molecular complexity index is 695. The molecule has 0 saturated carbocycles. The topological polar surface area (TPSA) is 95.7 Å². The Morgan fingerprint density at radius 3 is 2.65 bits per heavy atom. The molecule has 0 atom stereocenters. The lowest BCUT2D eigenvalue weighted by Crippen LogP contribution is -2.06. The maximum Gasteiger partial charge on any atom is 0.234 e. The maximum atomic E-state index is 9.39. The quantitative estimate of drug-likeness (QED) is 0.931. The standard InChI is InChI=1S/C14H12N4OS/c1-2-5-19-14-10(8-16)12(11-4-3-6-20-11)9(7-15)13(17)18-14/h3-4,6H,2,5H2,1H3,(H2,17,18). The van der Waals surface area contributed by atoms with E-state index >= 15 is 0 Å². The van der Waals surface area contributed by atoms with Crippen molar-refractivity contribution in [3.05, 3.63) is 28.6 Å². The van der Waals surface area contributed by atoms with Crippen molar-refractivity contribution in [3.63, 3.8) is 0 Å². The van der Waals surface area contributed by atoms with Crippen LogP contribution in [0.4, 0.5) is 5.82 Å². The lowest BCUT2D eigenvalue weighted by Gasteiger charge is -2.12. The van der Waals surface area contributed by atoms with Crippen LogP contribution in [0.1, 0.15) is 24.5 Å². The monoisotopic (exact) mass is 284 g/mol. The number of ether oxygens (including phenoxy) is 1. The first-order valence-electron chi connectivity index (χ1n) is 6.03. The van der Waals surface area contributed by atoms with E-state index in [-0.39, 0.29) is 22.8 Å². The number of nitrogens with zero attached hydrogens (tertiary/aromatic N) is 3. The van der Waals surface area contributed by atoms with Crippen molar-refractivity contribution in [1.29, 1.82) is 10.5 Å². The van der Waals surface area contributed by atoms with Crippen LogP contribution in [-0.4, -0.2) is 11.6 Å². The molecule has 2 N–H and O–H groups in total. The van der Waals surface area contributed by atoms with Crippen LogP contribution >= 0.6 is 11.3 Å². The Morgan fingerprint density at radius 2 is 2.10 bits per heavy atom. The molecule has 0 aromatic carbocycles. The Labute approximate surface area is 120 Å². The molecule has 5 nitrogen and oxygen atoms in total. The number of hydrogen-bond donors (Lipinski definition) is 1. The van der Waals surface area contributed by atoms with Gasteiger partial charge in [-0.2, -0.15) is 15.5 Å². The fraction of sp³-hybridized carbons (Fsp3) is 0.214. The summed E-state index contributed by atoms with van der Waals surface area (Å²) in [4.78, 5) is 4.84. The van der Waals surface area contributed by atoms with Gasteiger partial charge in [0.05, 0.1) is 6.61 Å². The molecular weight excluding hydrogens is 272 g/mol. The highest BCUT2D eigenvalue weighted by atomic mass is 32.1. The maximum absolute atomic E-state index is 9.39. The lowest BCUT2D eigenvalue weighted by atomic mass is 10.0. The van der Waals surface area contributed by atoms with E-state index in [9.17, 15) is 10.5 Å². The van der Waals surface area contributed by atoms with Gasteiger partial charge in [-0.05, 0) is 17.9 Å². The van der Waals surface area contributed by atoms with Crippen molar-refractivity contribution in [2.24, 2.45) is 0 Å². The third kappa shape index (κ3) is 2.42. The molecular formula is C14H12N4OS. The molecule has 2 heterocycles. The SMILES string of the molecule is CCCOc1nc(N)c(C#N)c(-c2cccs2)c1C#N. The van der Waals surface area contributed by atoms with E-state index in [4.69, 9.17) is 10.5 Å². The molecule has 0 radical (unpaired) electrons. The fourth-order valence-corrected chi connectivity index (χ4v) is 2.55. The zero-order valence-corrected chi connectivity index (χ0v) is 11.7. The second-order valence-electron chi connectivity index (χ2n) is 3.98. The van der Waals surface area contributed by atoms with Crippen LogP contribution < -0.4 is 10.5 Å². The first-order chi connectivity index (χ1) is 9.72. The van der Waals surface area contributed by atoms with Crippen LogP contribution in [0.25, 0.3) is 10.4 Å². The third-order valence-corrected chi connectivity index (χ3v) is 3.51. The summed E-state index contributed by atoms with van der Waals surface area (Å²) >= 11 is 1.44. The van der Waals surface area contributed by atoms with Crippen LogP contribution in [0, 0.1) is 22.7 Å². The molecule has 0 bridgehead atoms. The number of thiophene rings is 1. The Balaban J connectivity index is 2.72. The zero-order valence-electron chi connectivity index (χ0n) is 10.9. The van der Waals surface area contributed by atoms with E-state index in [0.717, 1.165) is 11.3 Å². The van der Waals surface area contributed by atoms with Crippen LogP contribution in [0.5, 0.6) is 5.88 Å². The minimum absolute atomic E-state index is 0.0843. The summed E-state index contributed by atoms with van der Waals surface area (Å²) in [6.07, 6.45) is 0.792. The first-order valence-corrected chi connectivity index (χ1v) is 6.91. The van der Waals surface area contributed by atoms with E-state index < -0.39 is 0 Å². The molecule has 20 heavy (non-hydrogen) atoms. The van der Waals surface area contributed by atoms with Gasteiger partial charge in [-0.25, -0.2) is 0 Å². The average Bonchev–Trinajstić information content (AvgIpc) is 2.98. The molecule has 0 fully saturated rings. The summed E-state index contributed by atoms with van der Waals surface area (Å²) in [5.41, 5.74) is 6.79. The highest BCUT2D eigenvalue weighted by Gasteiger charge is 2.21. The number of anilines is 1. The molecule has 100 valence electrons. The van der Waals surface area contributed by atoms with Crippen LogP contribution in [0.3, 0.4) is 0 Å². The Hall–Kier alpha value is -2.57. The van der Waals surface area contributed by atoms with E-state index in [2.05, 4.69) is 11.1 Å². The van der Waals surface area contributed by atoms with E-state index in [1.54, 1.807) is 0 Å². The highest BCUT2D eigenvalue weighted by molar-refractivity contribution is 7.13. The molecule has 0 saturated heterocycles. The van der Waals surface area contributed by atoms with Gasteiger partial charge in [0, 0.05) is 10.4 Å². The van der Waals surface area contributed by atoms with Crippen LogP contribution in [0.2, 0.25) is 0 Å². The van der Waals surface area contributed by atoms with Crippen LogP contribution in [0.15, 0.2) is 17.5 Å².